The molecule has 0 amide bonds. The molecule has 0 aliphatic carbocycles. The van der Waals surface area contributed by atoms with Gasteiger partial charge in [-0.15, -0.1) is 11.3 Å². The molecule has 0 radical (unpaired) electrons. The van der Waals surface area contributed by atoms with Crippen LogP contribution in [0.2, 0.25) is 0 Å². The molecule has 4 aromatic rings. The Kier molecular flexibility index (Phi) is 5.25. The molecule has 0 bridgehead atoms. The molecule has 29 heavy (non-hydrogen) atoms. The number of nitrogens with one attached hydrogen (secondary N) is 1. The number of rotatable bonds is 6. The molecule has 0 spiro atoms. The average molecular weight is 410 g/mol. The highest BCUT2D eigenvalue weighted by molar-refractivity contribution is 7.17. The molecule has 6 nitrogen and oxygen atoms in total. The number of nitrogens with zero attached hydrogens (tertiary/aromatic N) is 2. The normalized spacial score (nSPS) is 12.6. The fourth-order valence-electron chi connectivity index (χ4n) is 3.42. The smallest absolute Gasteiger partial charge is 0.260 e. The molecule has 1 N–H and O–H groups in total. The van der Waals surface area contributed by atoms with E-state index in [9.17, 15) is 4.79 Å². The summed E-state index contributed by atoms with van der Waals surface area (Å²) >= 11 is 1.45. The maximum Gasteiger partial charge on any atom is 0.260 e. The summed E-state index contributed by atoms with van der Waals surface area (Å²) in [5.74, 6) is 2.17. The van der Waals surface area contributed by atoms with Gasteiger partial charge in [-0.05, 0) is 39.1 Å². The fraction of sp³-hybridized carbons (Fsp3) is 0.273. The molecule has 7 heteroatoms. The van der Waals surface area contributed by atoms with E-state index >= 15 is 0 Å². The van der Waals surface area contributed by atoms with Gasteiger partial charge in [-0.3, -0.25) is 9.69 Å². The second-order valence-electron chi connectivity index (χ2n) is 7.16. The van der Waals surface area contributed by atoms with Crippen molar-refractivity contribution in [1.29, 1.82) is 0 Å². The van der Waals surface area contributed by atoms with Crippen molar-refractivity contribution in [1.82, 2.24) is 14.9 Å². The lowest BCUT2D eigenvalue weighted by atomic mass is 10.1. The van der Waals surface area contributed by atoms with Gasteiger partial charge in [0.05, 0.1) is 24.8 Å². The van der Waals surface area contributed by atoms with Gasteiger partial charge in [0.1, 0.15) is 22.2 Å². The SMILES string of the molecule is COc1ccc(C)cc1CN(C)[C@H](C)c1nc2scc(-c3ccco3)c2c(=O)[nH]1. The summed E-state index contributed by atoms with van der Waals surface area (Å²) in [5, 5.41) is 2.49. The van der Waals surface area contributed by atoms with Crippen molar-refractivity contribution in [3.63, 3.8) is 0 Å². The molecule has 0 aliphatic rings. The third kappa shape index (κ3) is 3.71. The number of hydrogen-bond acceptors (Lipinski definition) is 6. The quantitative estimate of drug-likeness (QED) is 0.497. The summed E-state index contributed by atoms with van der Waals surface area (Å²) in [6.07, 6.45) is 1.60. The maximum atomic E-state index is 12.8. The van der Waals surface area contributed by atoms with Crippen molar-refractivity contribution in [3.05, 3.63) is 69.3 Å². The van der Waals surface area contributed by atoms with Crippen LogP contribution in [0.3, 0.4) is 0 Å². The monoisotopic (exact) mass is 409 g/mol. The Hall–Kier alpha value is -2.90. The summed E-state index contributed by atoms with van der Waals surface area (Å²) in [4.78, 5) is 23.4. The van der Waals surface area contributed by atoms with Gasteiger partial charge in [0.15, 0.2) is 0 Å². The summed E-state index contributed by atoms with van der Waals surface area (Å²) in [5.41, 5.74) is 2.91. The van der Waals surface area contributed by atoms with Crippen molar-refractivity contribution in [2.75, 3.05) is 14.2 Å². The molecular weight excluding hydrogens is 386 g/mol. The fourth-order valence-corrected chi connectivity index (χ4v) is 4.36. The largest absolute Gasteiger partial charge is 0.496 e. The third-order valence-corrected chi connectivity index (χ3v) is 6.03. The Morgan fingerprint density at radius 3 is 2.90 bits per heavy atom. The van der Waals surface area contributed by atoms with Crippen molar-refractivity contribution in [2.24, 2.45) is 0 Å². The summed E-state index contributed by atoms with van der Waals surface area (Å²) in [6.45, 7) is 4.77. The topological polar surface area (TPSA) is 71.4 Å². The molecule has 0 aliphatic heterocycles. The molecule has 3 aromatic heterocycles. The van der Waals surface area contributed by atoms with Crippen LogP contribution in [0.4, 0.5) is 0 Å². The maximum absolute atomic E-state index is 12.8. The first kappa shape index (κ1) is 19.4. The van der Waals surface area contributed by atoms with E-state index in [0.29, 0.717) is 28.3 Å². The first-order valence-corrected chi connectivity index (χ1v) is 10.2. The van der Waals surface area contributed by atoms with Crippen LogP contribution in [-0.4, -0.2) is 29.0 Å². The first-order valence-electron chi connectivity index (χ1n) is 9.37. The van der Waals surface area contributed by atoms with E-state index in [2.05, 4.69) is 22.9 Å². The Balaban J connectivity index is 1.64. The summed E-state index contributed by atoms with van der Waals surface area (Å²) < 4.78 is 11.0. The highest BCUT2D eigenvalue weighted by atomic mass is 32.1. The third-order valence-electron chi connectivity index (χ3n) is 5.16. The molecular formula is C22H23N3O3S. The standard InChI is InChI=1S/C22H23N3O3S/c1-13-7-8-17(27-4)15(10-13)11-25(3)14(2)20-23-21(26)19-16(12-29-22(19)24-20)18-6-5-9-28-18/h5-10,12,14H,11H2,1-4H3,(H,23,24,26)/t14-/m1/s1. The van der Waals surface area contributed by atoms with Gasteiger partial charge < -0.3 is 14.1 Å². The predicted molar refractivity (Wildman–Crippen MR) is 116 cm³/mol. The summed E-state index contributed by atoms with van der Waals surface area (Å²) in [6, 6.07) is 9.72. The van der Waals surface area contributed by atoms with Crippen LogP contribution in [0.25, 0.3) is 21.5 Å². The van der Waals surface area contributed by atoms with Gasteiger partial charge in [0.2, 0.25) is 0 Å². The van der Waals surface area contributed by atoms with Crippen molar-refractivity contribution < 1.29 is 9.15 Å². The van der Waals surface area contributed by atoms with E-state index in [1.54, 1.807) is 13.4 Å². The number of thiophene rings is 1. The Labute approximate surface area is 172 Å². The van der Waals surface area contributed by atoms with E-state index in [4.69, 9.17) is 14.1 Å². The molecule has 0 saturated carbocycles. The molecule has 0 saturated heterocycles. The molecule has 0 unspecified atom stereocenters. The van der Waals surface area contributed by atoms with Crippen molar-refractivity contribution >= 4 is 21.6 Å². The van der Waals surface area contributed by atoms with E-state index in [1.807, 2.05) is 43.6 Å². The number of methoxy groups -OCH3 is 1. The molecule has 4 rings (SSSR count). The number of aromatic amines is 1. The zero-order valence-corrected chi connectivity index (χ0v) is 17.7. The second-order valence-corrected chi connectivity index (χ2v) is 8.02. The number of ether oxygens (including phenoxy) is 1. The van der Waals surface area contributed by atoms with Crippen molar-refractivity contribution in [3.8, 4) is 17.1 Å². The highest BCUT2D eigenvalue weighted by Crippen LogP contribution is 2.32. The molecule has 1 aromatic carbocycles. The van der Waals surface area contributed by atoms with Gasteiger partial charge in [0, 0.05) is 23.1 Å². The predicted octanol–water partition coefficient (Wildman–Crippen LogP) is 4.75. The highest BCUT2D eigenvalue weighted by Gasteiger charge is 2.20. The van der Waals surface area contributed by atoms with Crippen LogP contribution in [0.15, 0.2) is 51.2 Å². The summed E-state index contributed by atoms with van der Waals surface area (Å²) in [7, 11) is 3.69. The lowest BCUT2D eigenvalue weighted by molar-refractivity contribution is 0.240. The van der Waals surface area contributed by atoms with Crippen LogP contribution in [0.5, 0.6) is 5.75 Å². The van der Waals surface area contributed by atoms with Gasteiger partial charge in [-0.2, -0.15) is 0 Å². The number of fused-ring (bicyclic) bond motifs is 1. The average Bonchev–Trinajstić information content (AvgIpc) is 3.37. The Bertz CT molecular complexity index is 1190. The second kappa shape index (κ2) is 7.85. The number of benzene rings is 1. The molecule has 3 heterocycles. The van der Waals surface area contributed by atoms with Gasteiger partial charge >= 0.3 is 0 Å². The minimum atomic E-state index is -0.147. The number of aromatic nitrogens is 2. The van der Waals surface area contributed by atoms with Crippen LogP contribution >= 0.6 is 11.3 Å². The van der Waals surface area contributed by atoms with Gasteiger partial charge in [-0.1, -0.05) is 17.7 Å². The molecule has 1 atom stereocenters. The van der Waals surface area contributed by atoms with E-state index in [-0.39, 0.29) is 11.6 Å². The number of aryl methyl sites for hydroxylation is 1. The molecule has 0 fully saturated rings. The van der Waals surface area contributed by atoms with Gasteiger partial charge in [0.25, 0.3) is 5.56 Å². The van der Waals surface area contributed by atoms with E-state index < -0.39 is 0 Å². The zero-order valence-electron chi connectivity index (χ0n) is 16.9. The zero-order chi connectivity index (χ0) is 20.5. The number of furan rings is 1. The Morgan fingerprint density at radius 2 is 2.17 bits per heavy atom. The Morgan fingerprint density at radius 1 is 1.34 bits per heavy atom. The minimum Gasteiger partial charge on any atom is -0.496 e. The molecule has 150 valence electrons. The van der Waals surface area contributed by atoms with E-state index in [0.717, 1.165) is 16.9 Å². The minimum absolute atomic E-state index is 0.0773. The van der Waals surface area contributed by atoms with Crippen LogP contribution in [0, 0.1) is 6.92 Å². The van der Waals surface area contributed by atoms with E-state index in [1.165, 1.54) is 16.9 Å². The van der Waals surface area contributed by atoms with Crippen LogP contribution in [0.1, 0.15) is 29.9 Å². The van der Waals surface area contributed by atoms with Gasteiger partial charge in [-0.25, -0.2) is 4.98 Å². The lowest BCUT2D eigenvalue weighted by Gasteiger charge is -2.25. The number of H-pyrrole nitrogens is 1. The van der Waals surface area contributed by atoms with Crippen LogP contribution < -0.4 is 10.3 Å². The first-order chi connectivity index (χ1) is 14.0. The number of hydrogen-bond donors (Lipinski definition) is 1. The lowest BCUT2D eigenvalue weighted by Crippen LogP contribution is -2.26. The van der Waals surface area contributed by atoms with Crippen molar-refractivity contribution in [2.45, 2.75) is 26.4 Å². The van der Waals surface area contributed by atoms with Crippen LogP contribution in [-0.2, 0) is 6.54 Å².